The van der Waals surface area contributed by atoms with Gasteiger partial charge in [0.15, 0.2) is 5.65 Å². The van der Waals surface area contributed by atoms with Gasteiger partial charge in [0.1, 0.15) is 17.2 Å². The minimum Gasteiger partial charge on any atom is -0.357 e. The first-order valence-electron chi connectivity index (χ1n) is 11.7. The molecule has 8 nitrogen and oxygen atoms in total. The van der Waals surface area contributed by atoms with Crippen molar-refractivity contribution in [3.63, 3.8) is 0 Å². The standard InChI is InChI=1S/C25H30FN7O/c1-15(2)33-23-19-12-18(20(26)13-21(19)28-29-24(23)31(5)25(33)34)16-6-7-22(27-14-16)32-10-8-17(9-11-32)30(3)4/h6-7,12-15,17H,8-11H2,1-5H3. The Labute approximate surface area is 197 Å². The lowest BCUT2D eigenvalue weighted by Gasteiger charge is -2.35. The van der Waals surface area contributed by atoms with Gasteiger partial charge in [-0.3, -0.25) is 9.13 Å². The molecule has 0 radical (unpaired) electrons. The molecular formula is C25H30FN7O. The van der Waals surface area contributed by atoms with Crippen LogP contribution in [0.2, 0.25) is 0 Å². The molecule has 0 unspecified atom stereocenters. The maximum absolute atomic E-state index is 15.1. The maximum atomic E-state index is 15.1. The van der Waals surface area contributed by atoms with Crippen LogP contribution in [-0.4, -0.2) is 62.4 Å². The summed E-state index contributed by atoms with van der Waals surface area (Å²) in [4.78, 5) is 22.0. The number of benzene rings is 1. The molecule has 5 rings (SSSR count). The third-order valence-electron chi connectivity index (χ3n) is 6.95. The van der Waals surface area contributed by atoms with E-state index in [1.165, 1.54) is 10.6 Å². The summed E-state index contributed by atoms with van der Waals surface area (Å²) in [6.45, 7) is 5.80. The Hall–Kier alpha value is -3.33. The molecule has 1 fully saturated rings. The quantitative estimate of drug-likeness (QED) is 0.461. The zero-order chi connectivity index (χ0) is 24.1. The average Bonchev–Trinajstić information content (AvgIpc) is 3.09. The number of imidazole rings is 1. The monoisotopic (exact) mass is 463 g/mol. The highest BCUT2D eigenvalue weighted by Gasteiger charge is 2.22. The molecule has 178 valence electrons. The fourth-order valence-corrected chi connectivity index (χ4v) is 4.96. The van der Waals surface area contributed by atoms with E-state index in [9.17, 15) is 4.79 Å². The highest BCUT2D eigenvalue weighted by molar-refractivity contribution is 6.02. The van der Waals surface area contributed by atoms with Gasteiger partial charge in [0, 0.05) is 61.0 Å². The van der Waals surface area contributed by atoms with E-state index in [-0.39, 0.29) is 11.7 Å². The first-order valence-corrected chi connectivity index (χ1v) is 11.7. The SMILES string of the molecule is CC(C)n1c(=O)n(C)c2nnc3cc(F)c(-c4ccc(N5CCC(N(C)C)CC5)nc4)cc3c21. The number of halogens is 1. The molecule has 1 aliphatic rings. The molecule has 1 saturated heterocycles. The summed E-state index contributed by atoms with van der Waals surface area (Å²) in [5.41, 5.74) is 2.52. The lowest BCUT2D eigenvalue weighted by molar-refractivity contribution is 0.249. The van der Waals surface area contributed by atoms with Crippen LogP contribution in [0.25, 0.3) is 33.2 Å². The number of fused-ring (bicyclic) bond motifs is 3. The third kappa shape index (κ3) is 3.64. The molecule has 0 bridgehead atoms. The number of rotatable bonds is 4. The van der Waals surface area contributed by atoms with Gasteiger partial charge < -0.3 is 9.80 Å². The number of hydrogen-bond donors (Lipinski definition) is 0. The van der Waals surface area contributed by atoms with Crippen molar-refractivity contribution in [2.24, 2.45) is 7.05 Å². The lowest BCUT2D eigenvalue weighted by atomic mass is 10.0. The minimum atomic E-state index is -0.392. The zero-order valence-electron chi connectivity index (χ0n) is 20.3. The molecule has 0 amide bonds. The van der Waals surface area contributed by atoms with Crippen molar-refractivity contribution in [1.29, 1.82) is 0 Å². The second-order valence-electron chi connectivity index (χ2n) is 9.61. The summed E-state index contributed by atoms with van der Waals surface area (Å²) >= 11 is 0. The fourth-order valence-electron chi connectivity index (χ4n) is 4.96. The molecule has 0 saturated carbocycles. The van der Waals surface area contributed by atoms with Gasteiger partial charge in [0.05, 0.1) is 5.52 Å². The van der Waals surface area contributed by atoms with Crippen molar-refractivity contribution in [2.45, 2.75) is 38.8 Å². The highest BCUT2D eigenvalue weighted by atomic mass is 19.1. The summed E-state index contributed by atoms with van der Waals surface area (Å²) in [5, 5.41) is 9.08. The molecule has 9 heteroatoms. The Kier molecular flexibility index (Phi) is 5.59. The summed E-state index contributed by atoms with van der Waals surface area (Å²) in [6, 6.07) is 7.55. The average molecular weight is 464 g/mol. The van der Waals surface area contributed by atoms with E-state index in [4.69, 9.17) is 0 Å². The van der Waals surface area contributed by atoms with E-state index in [0.29, 0.717) is 39.2 Å². The number of piperidine rings is 1. The van der Waals surface area contributed by atoms with Crippen LogP contribution in [0.4, 0.5) is 10.2 Å². The van der Waals surface area contributed by atoms with E-state index < -0.39 is 5.82 Å². The number of pyridine rings is 1. The van der Waals surface area contributed by atoms with Gasteiger partial charge in [-0.25, -0.2) is 14.2 Å². The summed E-state index contributed by atoms with van der Waals surface area (Å²) in [7, 11) is 5.93. The molecule has 0 aliphatic carbocycles. The van der Waals surface area contributed by atoms with E-state index in [1.807, 2.05) is 26.0 Å². The molecule has 0 N–H and O–H groups in total. The summed E-state index contributed by atoms with van der Waals surface area (Å²) in [5.74, 6) is 0.518. The van der Waals surface area contributed by atoms with Crippen LogP contribution in [0.15, 0.2) is 35.3 Å². The van der Waals surface area contributed by atoms with Gasteiger partial charge in [-0.05, 0) is 59.0 Å². The molecule has 0 spiro atoms. The number of aromatic nitrogens is 5. The number of aryl methyl sites for hydroxylation is 1. The molecule has 1 aromatic carbocycles. The van der Waals surface area contributed by atoms with E-state index in [1.54, 1.807) is 23.9 Å². The number of hydrogen-bond acceptors (Lipinski definition) is 6. The summed E-state index contributed by atoms with van der Waals surface area (Å²) in [6.07, 6.45) is 3.92. The Morgan fingerprint density at radius 2 is 1.85 bits per heavy atom. The van der Waals surface area contributed by atoms with Crippen molar-refractivity contribution in [3.8, 4) is 11.1 Å². The van der Waals surface area contributed by atoms with Crippen LogP contribution in [-0.2, 0) is 7.05 Å². The van der Waals surface area contributed by atoms with Crippen LogP contribution in [0.5, 0.6) is 0 Å². The Balaban J connectivity index is 1.55. The zero-order valence-corrected chi connectivity index (χ0v) is 20.3. The smallest absolute Gasteiger partial charge is 0.330 e. The van der Waals surface area contributed by atoms with Gasteiger partial charge in [-0.15, -0.1) is 10.2 Å². The van der Waals surface area contributed by atoms with Gasteiger partial charge in [0.2, 0.25) is 0 Å². The van der Waals surface area contributed by atoms with E-state index >= 15 is 4.39 Å². The van der Waals surface area contributed by atoms with Crippen molar-refractivity contribution in [2.75, 3.05) is 32.1 Å². The van der Waals surface area contributed by atoms with Crippen molar-refractivity contribution >= 4 is 27.9 Å². The van der Waals surface area contributed by atoms with Crippen LogP contribution < -0.4 is 10.6 Å². The van der Waals surface area contributed by atoms with Gasteiger partial charge >= 0.3 is 5.69 Å². The molecule has 4 heterocycles. The van der Waals surface area contributed by atoms with Gasteiger partial charge in [-0.1, -0.05) is 0 Å². The number of anilines is 1. The van der Waals surface area contributed by atoms with Crippen molar-refractivity contribution < 1.29 is 4.39 Å². The second kappa shape index (κ2) is 8.47. The topological polar surface area (TPSA) is 72.1 Å². The first-order chi connectivity index (χ1) is 16.3. The molecule has 1 aliphatic heterocycles. The van der Waals surface area contributed by atoms with Crippen molar-refractivity contribution in [1.82, 2.24) is 29.2 Å². The Bertz CT molecular complexity index is 1410. The molecule has 0 atom stereocenters. The van der Waals surface area contributed by atoms with Gasteiger partial charge in [0.25, 0.3) is 0 Å². The molecule has 4 aromatic rings. The van der Waals surface area contributed by atoms with E-state index in [2.05, 4.69) is 39.1 Å². The van der Waals surface area contributed by atoms with Crippen molar-refractivity contribution in [3.05, 3.63) is 46.8 Å². The maximum Gasteiger partial charge on any atom is 0.330 e. The summed E-state index contributed by atoms with van der Waals surface area (Å²) < 4.78 is 18.3. The highest BCUT2D eigenvalue weighted by Crippen LogP contribution is 2.31. The largest absolute Gasteiger partial charge is 0.357 e. The number of nitrogens with zero attached hydrogens (tertiary/aromatic N) is 7. The van der Waals surface area contributed by atoms with Gasteiger partial charge in [-0.2, -0.15) is 0 Å². The second-order valence-corrected chi connectivity index (χ2v) is 9.61. The molecular weight excluding hydrogens is 433 g/mol. The first kappa shape index (κ1) is 22.5. The van der Waals surface area contributed by atoms with E-state index in [0.717, 1.165) is 31.7 Å². The van der Waals surface area contributed by atoms with Crippen LogP contribution in [0.3, 0.4) is 0 Å². The predicted molar refractivity (Wildman–Crippen MR) is 133 cm³/mol. The Morgan fingerprint density at radius 1 is 1.12 bits per heavy atom. The van der Waals surface area contributed by atoms with Crippen LogP contribution in [0.1, 0.15) is 32.7 Å². The lowest BCUT2D eigenvalue weighted by Crippen LogP contribution is -2.42. The normalized spacial score (nSPS) is 15.4. The fraction of sp³-hybridized carbons (Fsp3) is 0.440. The predicted octanol–water partition coefficient (Wildman–Crippen LogP) is 3.60. The van der Waals surface area contributed by atoms with Crippen LogP contribution >= 0.6 is 0 Å². The minimum absolute atomic E-state index is 0.0744. The molecule has 34 heavy (non-hydrogen) atoms. The van der Waals surface area contributed by atoms with Crippen LogP contribution in [0, 0.1) is 5.82 Å². The molecule has 3 aromatic heterocycles. The Morgan fingerprint density at radius 3 is 2.47 bits per heavy atom. The third-order valence-corrected chi connectivity index (χ3v) is 6.95.